The number of aromatic nitrogens is 1. The zero-order chi connectivity index (χ0) is 6.27. The van der Waals surface area contributed by atoms with Crippen LogP contribution in [0, 0.1) is 6.92 Å². The number of hydrogen-bond acceptors (Lipinski definition) is 2. The molecule has 1 aliphatic rings. The Morgan fingerprint density at radius 1 is 1.67 bits per heavy atom. The molecule has 0 aromatic carbocycles. The molecule has 1 heterocycles. The third-order valence-electron chi connectivity index (χ3n) is 1.80. The molecule has 0 N–H and O–H groups in total. The van der Waals surface area contributed by atoms with E-state index in [0.29, 0.717) is 0 Å². The summed E-state index contributed by atoms with van der Waals surface area (Å²) in [5.74, 6) is 0.774. The Bertz CT molecular complexity index is 212. The maximum Gasteiger partial charge on any atom is 0.127 e. The Hall–Kier alpha value is -0.790. The molecule has 2 nitrogen and oxygen atoms in total. The van der Waals surface area contributed by atoms with Gasteiger partial charge in [0.2, 0.25) is 0 Å². The maximum absolute atomic E-state index is 4.80. The molecule has 0 amide bonds. The van der Waals surface area contributed by atoms with Crippen molar-refractivity contribution < 1.29 is 4.52 Å². The minimum absolute atomic E-state index is 0.774. The predicted octanol–water partition coefficient (Wildman–Crippen LogP) is 1.86. The molecule has 1 aromatic rings. The molecule has 0 spiro atoms. The highest BCUT2D eigenvalue weighted by atomic mass is 16.5. The molecule has 1 saturated carbocycles. The van der Waals surface area contributed by atoms with Gasteiger partial charge >= 0.3 is 0 Å². The fourth-order valence-corrected chi connectivity index (χ4v) is 1.09. The van der Waals surface area contributed by atoms with Crippen LogP contribution in [0.25, 0.3) is 0 Å². The lowest BCUT2D eigenvalue weighted by atomic mass is 10.2. The van der Waals surface area contributed by atoms with E-state index in [1.807, 2.05) is 6.92 Å². The number of aryl methyl sites for hydroxylation is 1. The maximum atomic E-state index is 4.80. The molecule has 2 rings (SSSR count). The molecule has 1 aromatic heterocycles. The van der Waals surface area contributed by atoms with E-state index >= 15 is 0 Å². The third-order valence-corrected chi connectivity index (χ3v) is 1.80. The quantitative estimate of drug-likeness (QED) is 0.569. The Kier molecular flexibility index (Phi) is 0.891. The standard InChI is InChI=1S/C7H9NO/c1-5-7(4-9-8-5)6-2-3-6/h4,6H,2-3H2,1H3. The topological polar surface area (TPSA) is 26.0 Å². The summed E-state index contributed by atoms with van der Waals surface area (Å²) in [6.45, 7) is 2.00. The minimum Gasteiger partial charge on any atom is -0.364 e. The molecule has 0 atom stereocenters. The molecule has 0 unspecified atom stereocenters. The van der Waals surface area contributed by atoms with E-state index in [2.05, 4.69) is 5.16 Å². The van der Waals surface area contributed by atoms with E-state index in [4.69, 9.17) is 4.52 Å². The monoisotopic (exact) mass is 123 g/mol. The molecule has 0 bridgehead atoms. The molecule has 9 heavy (non-hydrogen) atoms. The van der Waals surface area contributed by atoms with Gasteiger partial charge in [0.05, 0.1) is 5.69 Å². The zero-order valence-corrected chi connectivity index (χ0v) is 5.42. The van der Waals surface area contributed by atoms with Gasteiger partial charge < -0.3 is 4.52 Å². The SMILES string of the molecule is Cc1nocc1C1CC1. The summed E-state index contributed by atoms with van der Waals surface area (Å²) < 4.78 is 4.80. The van der Waals surface area contributed by atoms with Crippen LogP contribution in [0.5, 0.6) is 0 Å². The lowest BCUT2D eigenvalue weighted by Gasteiger charge is -1.86. The van der Waals surface area contributed by atoms with E-state index in [9.17, 15) is 0 Å². The second-order valence-corrected chi connectivity index (χ2v) is 2.63. The fraction of sp³-hybridized carbons (Fsp3) is 0.571. The van der Waals surface area contributed by atoms with Gasteiger partial charge in [0.25, 0.3) is 0 Å². The summed E-state index contributed by atoms with van der Waals surface area (Å²) in [7, 11) is 0. The van der Waals surface area contributed by atoms with Gasteiger partial charge in [0.1, 0.15) is 6.26 Å². The fourth-order valence-electron chi connectivity index (χ4n) is 1.09. The molecular weight excluding hydrogens is 114 g/mol. The van der Waals surface area contributed by atoms with E-state index in [1.54, 1.807) is 6.26 Å². The number of nitrogens with zero attached hydrogens (tertiary/aromatic N) is 1. The highest BCUT2D eigenvalue weighted by molar-refractivity contribution is 5.22. The van der Waals surface area contributed by atoms with Gasteiger partial charge in [0, 0.05) is 5.56 Å². The van der Waals surface area contributed by atoms with Crippen LogP contribution < -0.4 is 0 Å². The Labute approximate surface area is 53.9 Å². The Morgan fingerprint density at radius 3 is 2.89 bits per heavy atom. The molecule has 1 fully saturated rings. The minimum atomic E-state index is 0.774. The first-order valence-corrected chi connectivity index (χ1v) is 3.29. The second-order valence-electron chi connectivity index (χ2n) is 2.63. The van der Waals surface area contributed by atoms with Crippen LogP contribution in [-0.2, 0) is 0 Å². The average molecular weight is 123 g/mol. The van der Waals surface area contributed by atoms with Crippen LogP contribution in [0.1, 0.15) is 30.0 Å². The smallest absolute Gasteiger partial charge is 0.127 e. The van der Waals surface area contributed by atoms with Crippen molar-refractivity contribution in [3.05, 3.63) is 17.5 Å². The first-order chi connectivity index (χ1) is 4.38. The largest absolute Gasteiger partial charge is 0.364 e. The van der Waals surface area contributed by atoms with Crippen molar-refractivity contribution in [1.29, 1.82) is 0 Å². The lowest BCUT2D eigenvalue weighted by molar-refractivity contribution is 0.414. The van der Waals surface area contributed by atoms with Gasteiger partial charge in [-0.15, -0.1) is 0 Å². The van der Waals surface area contributed by atoms with Crippen LogP contribution in [0.3, 0.4) is 0 Å². The molecular formula is C7H9NO. The van der Waals surface area contributed by atoms with Gasteiger partial charge in [-0.05, 0) is 25.7 Å². The molecule has 1 aliphatic carbocycles. The summed E-state index contributed by atoms with van der Waals surface area (Å²) in [6, 6.07) is 0. The van der Waals surface area contributed by atoms with Crippen LogP contribution in [0.15, 0.2) is 10.8 Å². The van der Waals surface area contributed by atoms with E-state index in [0.717, 1.165) is 11.6 Å². The highest BCUT2D eigenvalue weighted by Gasteiger charge is 2.26. The van der Waals surface area contributed by atoms with Crippen LogP contribution in [0.2, 0.25) is 0 Å². The van der Waals surface area contributed by atoms with Crippen LogP contribution >= 0.6 is 0 Å². The third kappa shape index (κ3) is 0.745. The van der Waals surface area contributed by atoms with Gasteiger partial charge in [-0.25, -0.2) is 0 Å². The van der Waals surface area contributed by atoms with Crippen molar-refractivity contribution in [2.45, 2.75) is 25.7 Å². The van der Waals surface area contributed by atoms with Crippen molar-refractivity contribution in [2.24, 2.45) is 0 Å². The summed E-state index contributed by atoms with van der Waals surface area (Å²) in [4.78, 5) is 0. The van der Waals surface area contributed by atoms with Crippen molar-refractivity contribution in [3.8, 4) is 0 Å². The van der Waals surface area contributed by atoms with E-state index in [1.165, 1.54) is 18.4 Å². The van der Waals surface area contributed by atoms with Crippen LogP contribution in [-0.4, -0.2) is 5.16 Å². The van der Waals surface area contributed by atoms with Gasteiger partial charge in [-0.2, -0.15) is 0 Å². The summed E-state index contributed by atoms with van der Waals surface area (Å²) in [6.07, 6.45) is 4.41. The van der Waals surface area contributed by atoms with Crippen LogP contribution in [0.4, 0.5) is 0 Å². The number of hydrogen-bond donors (Lipinski definition) is 0. The molecule has 2 heteroatoms. The van der Waals surface area contributed by atoms with Crippen molar-refractivity contribution in [2.75, 3.05) is 0 Å². The zero-order valence-electron chi connectivity index (χ0n) is 5.42. The van der Waals surface area contributed by atoms with Gasteiger partial charge in [-0.1, -0.05) is 5.16 Å². The molecule has 0 aliphatic heterocycles. The lowest BCUT2D eigenvalue weighted by Crippen LogP contribution is -1.77. The Morgan fingerprint density at radius 2 is 2.44 bits per heavy atom. The molecule has 48 valence electrons. The second kappa shape index (κ2) is 1.59. The van der Waals surface area contributed by atoms with Crippen molar-refractivity contribution in [3.63, 3.8) is 0 Å². The van der Waals surface area contributed by atoms with Crippen molar-refractivity contribution >= 4 is 0 Å². The number of rotatable bonds is 1. The van der Waals surface area contributed by atoms with Gasteiger partial charge in [-0.3, -0.25) is 0 Å². The van der Waals surface area contributed by atoms with Crippen molar-refractivity contribution in [1.82, 2.24) is 5.16 Å². The first-order valence-electron chi connectivity index (χ1n) is 3.29. The Balaban J connectivity index is 2.35. The normalized spacial score (nSPS) is 18.3. The highest BCUT2D eigenvalue weighted by Crippen LogP contribution is 2.41. The predicted molar refractivity (Wildman–Crippen MR) is 33.2 cm³/mol. The summed E-state index contributed by atoms with van der Waals surface area (Å²) in [5.41, 5.74) is 2.38. The molecule has 0 saturated heterocycles. The average Bonchev–Trinajstić information content (AvgIpc) is 2.58. The van der Waals surface area contributed by atoms with Gasteiger partial charge in [0.15, 0.2) is 0 Å². The van der Waals surface area contributed by atoms with E-state index < -0.39 is 0 Å². The molecule has 0 radical (unpaired) electrons. The first kappa shape index (κ1) is 5.03. The summed E-state index contributed by atoms with van der Waals surface area (Å²) >= 11 is 0. The van der Waals surface area contributed by atoms with E-state index in [-0.39, 0.29) is 0 Å². The summed E-state index contributed by atoms with van der Waals surface area (Å²) in [5, 5.41) is 3.80.